The van der Waals surface area contributed by atoms with Gasteiger partial charge in [-0.3, -0.25) is 9.59 Å². The Hall–Kier alpha value is -3.75. The molecule has 0 spiro atoms. The number of thiazole rings is 1. The highest BCUT2D eigenvalue weighted by Gasteiger charge is 2.13. The average molecular weight is 451 g/mol. The second kappa shape index (κ2) is 8.95. The molecule has 7 nitrogen and oxygen atoms in total. The number of carbonyl (C=O) groups is 2. The molecule has 0 saturated heterocycles. The van der Waals surface area contributed by atoms with Crippen LogP contribution in [0.25, 0.3) is 10.6 Å². The van der Waals surface area contributed by atoms with Crippen LogP contribution in [0.4, 0.5) is 5.69 Å². The van der Waals surface area contributed by atoms with Crippen molar-refractivity contribution < 1.29 is 14.3 Å². The number of nitrogens with zero attached hydrogens (tertiary/aromatic N) is 2. The van der Waals surface area contributed by atoms with Gasteiger partial charge in [0.2, 0.25) is 11.8 Å². The van der Waals surface area contributed by atoms with E-state index in [0.717, 1.165) is 10.6 Å². The summed E-state index contributed by atoms with van der Waals surface area (Å²) in [7, 11) is 0. The standard InChI is InChI=1S/C22H15ClN4O3S/c23-15-6-4-13(5-7-15)22-27-18(12-31-22)21(29)26-16-8-9-19(25-11-16)30-17-3-1-2-14(10-17)20(24)28/h1-12H,(H2,24,28)(H,26,29). The molecule has 31 heavy (non-hydrogen) atoms. The fraction of sp³-hybridized carbons (Fsp3) is 0. The first-order chi connectivity index (χ1) is 15.0. The summed E-state index contributed by atoms with van der Waals surface area (Å²) in [6.45, 7) is 0. The number of benzene rings is 2. The van der Waals surface area contributed by atoms with Crippen molar-refractivity contribution in [3.63, 3.8) is 0 Å². The molecular weight excluding hydrogens is 436 g/mol. The van der Waals surface area contributed by atoms with Crippen LogP contribution in [0.1, 0.15) is 20.8 Å². The van der Waals surface area contributed by atoms with E-state index in [1.807, 2.05) is 12.1 Å². The van der Waals surface area contributed by atoms with Crippen LogP contribution in [0.2, 0.25) is 5.02 Å². The van der Waals surface area contributed by atoms with Crippen LogP contribution in [0.3, 0.4) is 0 Å². The smallest absolute Gasteiger partial charge is 0.275 e. The van der Waals surface area contributed by atoms with Crippen LogP contribution in [-0.4, -0.2) is 21.8 Å². The van der Waals surface area contributed by atoms with Gasteiger partial charge in [0.25, 0.3) is 5.91 Å². The number of pyridine rings is 1. The second-order valence-electron chi connectivity index (χ2n) is 6.38. The molecule has 0 aliphatic heterocycles. The minimum absolute atomic E-state index is 0.304. The minimum Gasteiger partial charge on any atom is -0.439 e. The number of hydrogen-bond acceptors (Lipinski definition) is 6. The molecule has 0 radical (unpaired) electrons. The quantitative estimate of drug-likeness (QED) is 0.429. The van der Waals surface area contributed by atoms with E-state index >= 15 is 0 Å². The summed E-state index contributed by atoms with van der Waals surface area (Å²) < 4.78 is 5.62. The van der Waals surface area contributed by atoms with Gasteiger partial charge in [-0.1, -0.05) is 29.8 Å². The molecule has 0 unspecified atom stereocenters. The van der Waals surface area contributed by atoms with E-state index < -0.39 is 5.91 Å². The number of aromatic nitrogens is 2. The van der Waals surface area contributed by atoms with Gasteiger partial charge in [-0.05, 0) is 36.4 Å². The van der Waals surface area contributed by atoms with E-state index in [1.54, 1.807) is 47.8 Å². The molecule has 0 atom stereocenters. The Morgan fingerprint density at radius 2 is 1.87 bits per heavy atom. The molecule has 2 aromatic heterocycles. The molecule has 0 aliphatic carbocycles. The summed E-state index contributed by atoms with van der Waals surface area (Å²) in [5.41, 5.74) is 7.29. The highest BCUT2D eigenvalue weighted by atomic mass is 35.5. The van der Waals surface area contributed by atoms with Crippen molar-refractivity contribution in [2.24, 2.45) is 5.73 Å². The number of primary amides is 1. The molecule has 2 aromatic carbocycles. The second-order valence-corrected chi connectivity index (χ2v) is 7.67. The highest BCUT2D eigenvalue weighted by Crippen LogP contribution is 2.26. The SMILES string of the molecule is NC(=O)c1cccc(Oc2ccc(NC(=O)c3csc(-c4ccc(Cl)cc4)n3)cn2)c1. The van der Waals surface area contributed by atoms with Crippen molar-refractivity contribution in [2.75, 3.05) is 5.32 Å². The number of rotatable bonds is 6. The molecule has 9 heteroatoms. The minimum atomic E-state index is -0.544. The number of carbonyl (C=O) groups excluding carboxylic acids is 2. The summed E-state index contributed by atoms with van der Waals surface area (Å²) in [6.07, 6.45) is 1.47. The summed E-state index contributed by atoms with van der Waals surface area (Å²) in [6, 6.07) is 17.0. The number of nitrogens with one attached hydrogen (secondary N) is 1. The zero-order chi connectivity index (χ0) is 21.8. The first-order valence-corrected chi connectivity index (χ1v) is 10.3. The molecular formula is C22H15ClN4O3S. The normalized spacial score (nSPS) is 10.5. The maximum Gasteiger partial charge on any atom is 0.275 e. The van der Waals surface area contributed by atoms with Gasteiger partial charge in [0.1, 0.15) is 16.5 Å². The molecule has 0 aliphatic rings. The van der Waals surface area contributed by atoms with E-state index in [2.05, 4.69) is 15.3 Å². The van der Waals surface area contributed by atoms with Crippen LogP contribution in [0.5, 0.6) is 11.6 Å². The predicted molar refractivity (Wildman–Crippen MR) is 120 cm³/mol. The molecule has 4 aromatic rings. The Labute approximate surface area is 186 Å². The Bertz CT molecular complexity index is 1240. The van der Waals surface area contributed by atoms with Crippen LogP contribution in [-0.2, 0) is 0 Å². The molecule has 0 fully saturated rings. The van der Waals surface area contributed by atoms with Gasteiger partial charge in [0.05, 0.1) is 11.9 Å². The third-order valence-corrected chi connectivity index (χ3v) is 5.31. The number of anilines is 1. The summed E-state index contributed by atoms with van der Waals surface area (Å²) in [5, 5.41) is 5.80. The predicted octanol–water partition coefficient (Wildman–Crippen LogP) is 5.00. The molecule has 2 heterocycles. The topological polar surface area (TPSA) is 107 Å². The van der Waals surface area contributed by atoms with Crippen LogP contribution < -0.4 is 15.8 Å². The van der Waals surface area contributed by atoms with Gasteiger partial charge in [-0.25, -0.2) is 9.97 Å². The number of hydrogen-bond donors (Lipinski definition) is 2. The summed E-state index contributed by atoms with van der Waals surface area (Å²) >= 11 is 7.28. The van der Waals surface area contributed by atoms with Crippen molar-refractivity contribution in [3.05, 3.63) is 88.5 Å². The van der Waals surface area contributed by atoms with E-state index in [-0.39, 0.29) is 5.91 Å². The number of ether oxygens (including phenoxy) is 1. The van der Waals surface area contributed by atoms with Gasteiger partial charge < -0.3 is 15.8 Å². The lowest BCUT2D eigenvalue weighted by molar-refractivity contribution is 0.0997. The lowest BCUT2D eigenvalue weighted by atomic mass is 10.2. The van der Waals surface area contributed by atoms with Crippen molar-refractivity contribution in [1.29, 1.82) is 0 Å². The Kier molecular flexibility index (Phi) is 5.92. The monoisotopic (exact) mass is 450 g/mol. The van der Waals surface area contributed by atoms with Crippen LogP contribution >= 0.6 is 22.9 Å². The highest BCUT2D eigenvalue weighted by molar-refractivity contribution is 7.13. The largest absolute Gasteiger partial charge is 0.439 e. The van der Waals surface area contributed by atoms with Gasteiger partial charge in [0, 0.05) is 27.6 Å². The fourth-order valence-corrected chi connectivity index (χ4v) is 3.58. The van der Waals surface area contributed by atoms with Crippen molar-refractivity contribution >= 4 is 40.4 Å². The molecule has 154 valence electrons. The van der Waals surface area contributed by atoms with Gasteiger partial charge in [-0.15, -0.1) is 11.3 Å². The summed E-state index contributed by atoms with van der Waals surface area (Å²) in [4.78, 5) is 32.3. The number of halogens is 1. The zero-order valence-corrected chi connectivity index (χ0v) is 17.5. The molecule has 0 saturated carbocycles. The first kappa shape index (κ1) is 20.5. The Morgan fingerprint density at radius 3 is 2.58 bits per heavy atom. The van der Waals surface area contributed by atoms with Gasteiger partial charge in [-0.2, -0.15) is 0 Å². The van der Waals surface area contributed by atoms with Crippen LogP contribution in [0.15, 0.2) is 72.2 Å². The number of amides is 2. The molecule has 0 bridgehead atoms. The molecule has 2 amide bonds. The lowest BCUT2D eigenvalue weighted by Crippen LogP contribution is -2.12. The third-order valence-electron chi connectivity index (χ3n) is 4.16. The van der Waals surface area contributed by atoms with Gasteiger partial charge >= 0.3 is 0 Å². The first-order valence-electron chi connectivity index (χ1n) is 9.04. The van der Waals surface area contributed by atoms with Crippen LogP contribution in [0, 0.1) is 0 Å². The third kappa shape index (κ3) is 5.06. The van der Waals surface area contributed by atoms with E-state index in [9.17, 15) is 9.59 Å². The lowest BCUT2D eigenvalue weighted by Gasteiger charge is -2.07. The number of nitrogens with two attached hydrogens (primary N) is 1. The maximum absolute atomic E-state index is 12.5. The van der Waals surface area contributed by atoms with E-state index in [1.165, 1.54) is 23.6 Å². The summed E-state index contributed by atoms with van der Waals surface area (Å²) in [5.74, 6) is -0.157. The van der Waals surface area contributed by atoms with Gasteiger partial charge in [0.15, 0.2) is 0 Å². The molecule has 3 N–H and O–H groups in total. The van der Waals surface area contributed by atoms with E-state index in [4.69, 9.17) is 22.1 Å². The van der Waals surface area contributed by atoms with Crippen molar-refractivity contribution in [3.8, 4) is 22.2 Å². The fourth-order valence-electron chi connectivity index (χ4n) is 2.65. The van der Waals surface area contributed by atoms with Crippen molar-refractivity contribution in [2.45, 2.75) is 0 Å². The molecule has 4 rings (SSSR count). The van der Waals surface area contributed by atoms with Crippen molar-refractivity contribution in [1.82, 2.24) is 9.97 Å². The maximum atomic E-state index is 12.5. The zero-order valence-electron chi connectivity index (χ0n) is 15.9. The average Bonchev–Trinajstić information content (AvgIpc) is 3.26. The Morgan fingerprint density at radius 1 is 1.06 bits per heavy atom. The van der Waals surface area contributed by atoms with E-state index in [0.29, 0.717) is 33.6 Å². The Balaban J connectivity index is 1.41.